The number of carbonyl (C=O) groups excluding carboxylic acids is 1. The largest absolute Gasteiger partial charge is 0.493 e. The molecule has 2 aromatic carbocycles. The average Bonchev–Trinajstić information content (AvgIpc) is 2.65. The molecule has 6 heteroatoms. The number of nitrogens with zero attached hydrogens (tertiary/aromatic N) is 1. The molecule has 128 valence electrons. The number of pyridine rings is 1. The summed E-state index contributed by atoms with van der Waals surface area (Å²) in [4.78, 5) is 16.9. The quantitative estimate of drug-likeness (QED) is 0.434. The Morgan fingerprint density at radius 3 is 2.48 bits per heavy atom. The summed E-state index contributed by atoms with van der Waals surface area (Å²) in [5, 5.41) is 0.748. The van der Waals surface area contributed by atoms with Gasteiger partial charge < -0.3 is 9.47 Å². The summed E-state index contributed by atoms with van der Waals surface area (Å²) in [5.74, 6) is 6.20. The van der Waals surface area contributed by atoms with Crippen LogP contribution in [0.3, 0.4) is 0 Å². The first-order valence-corrected chi connectivity index (χ1v) is 7.72. The van der Waals surface area contributed by atoms with Crippen molar-refractivity contribution in [3.05, 3.63) is 53.6 Å². The fourth-order valence-electron chi connectivity index (χ4n) is 2.75. The van der Waals surface area contributed by atoms with E-state index in [9.17, 15) is 4.79 Å². The van der Waals surface area contributed by atoms with Gasteiger partial charge in [-0.2, -0.15) is 0 Å². The number of aryl methyl sites for hydroxylation is 1. The summed E-state index contributed by atoms with van der Waals surface area (Å²) in [6.07, 6.45) is 0. The van der Waals surface area contributed by atoms with Gasteiger partial charge in [-0.05, 0) is 42.8 Å². The summed E-state index contributed by atoms with van der Waals surface area (Å²) in [5.41, 5.74) is 5.92. The number of nitrogen functional groups attached to an aromatic ring is 1. The molecule has 0 aliphatic heterocycles. The number of nitrogens with one attached hydrogen (secondary N) is 1. The number of aromatic nitrogens is 1. The van der Waals surface area contributed by atoms with Gasteiger partial charge in [0.15, 0.2) is 11.5 Å². The Labute approximate surface area is 145 Å². The molecule has 0 unspecified atom stereocenters. The number of carbonyl (C=O) groups is 1. The second-order valence-electron chi connectivity index (χ2n) is 5.62. The first-order chi connectivity index (χ1) is 12.1. The number of hydrazine groups is 1. The van der Waals surface area contributed by atoms with E-state index in [0.29, 0.717) is 22.8 Å². The van der Waals surface area contributed by atoms with E-state index in [1.165, 1.54) is 0 Å². The number of benzene rings is 2. The van der Waals surface area contributed by atoms with Crippen molar-refractivity contribution in [2.24, 2.45) is 5.84 Å². The van der Waals surface area contributed by atoms with Gasteiger partial charge in [0.2, 0.25) is 0 Å². The van der Waals surface area contributed by atoms with E-state index in [0.717, 1.165) is 22.0 Å². The number of hydrogen-bond acceptors (Lipinski definition) is 5. The predicted molar refractivity (Wildman–Crippen MR) is 96.7 cm³/mol. The summed E-state index contributed by atoms with van der Waals surface area (Å²) >= 11 is 0. The van der Waals surface area contributed by atoms with Crippen molar-refractivity contribution in [1.82, 2.24) is 10.4 Å². The molecule has 0 bridgehead atoms. The lowest BCUT2D eigenvalue weighted by molar-refractivity contribution is 0.0955. The highest BCUT2D eigenvalue weighted by Gasteiger charge is 2.14. The van der Waals surface area contributed by atoms with E-state index in [-0.39, 0.29) is 5.91 Å². The van der Waals surface area contributed by atoms with Gasteiger partial charge >= 0.3 is 0 Å². The monoisotopic (exact) mass is 337 g/mol. The molecule has 0 aliphatic rings. The van der Waals surface area contributed by atoms with Crippen LogP contribution in [0.15, 0.2) is 42.5 Å². The standard InChI is InChI=1S/C19H19N3O3/c1-11-4-6-13-14(19(23)22-20)10-15(21-16(13)8-11)12-5-7-17(24-2)18(9-12)25-3/h4-10H,20H2,1-3H3,(H,22,23). The average molecular weight is 337 g/mol. The molecule has 0 spiro atoms. The minimum Gasteiger partial charge on any atom is -0.493 e. The van der Waals surface area contributed by atoms with Gasteiger partial charge in [-0.15, -0.1) is 0 Å². The Kier molecular flexibility index (Phi) is 4.54. The maximum atomic E-state index is 12.2. The molecule has 1 amide bonds. The van der Waals surface area contributed by atoms with Gasteiger partial charge in [-0.25, -0.2) is 10.8 Å². The minimum atomic E-state index is -0.363. The molecule has 3 rings (SSSR count). The number of amides is 1. The molecule has 0 saturated heterocycles. The Morgan fingerprint density at radius 1 is 1.04 bits per heavy atom. The number of nitrogens with two attached hydrogens (primary N) is 1. The molecular formula is C19H19N3O3. The fourth-order valence-corrected chi connectivity index (χ4v) is 2.75. The molecule has 0 fully saturated rings. The molecule has 3 N–H and O–H groups in total. The van der Waals surface area contributed by atoms with E-state index in [2.05, 4.69) is 5.43 Å². The van der Waals surface area contributed by atoms with Crippen LogP contribution < -0.4 is 20.7 Å². The van der Waals surface area contributed by atoms with Crippen molar-refractivity contribution in [1.29, 1.82) is 0 Å². The molecule has 6 nitrogen and oxygen atoms in total. The van der Waals surface area contributed by atoms with Crippen LogP contribution in [0.4, 0.5) is 0 Å². The lowest BCUT2D eigenvalue weighted by atomic mass is 10.0. The highest BCUT2D eigenvalue weighted by atomic mass is 16.5. The van der Waals surface area contributed by atoms with Crippen molar-refractivity contribution in [2.45, 2.75) is 6.92 Å². The van der Waals surface area contributed by atoms with Crippen LogP contribution in [0, 0.1) is 6.92 Å². The Balaban J connectivity index is 2.24. The second-order valence-corrected chi connectivity index (χ2v) is 5.62. The maximum Gasteiger partial charge on any atom is 0.265 e. The summed E-state index contributed by atoms with van der Waals surface area (Å²) < 4.78 is 10.6. The highest BCUT2D eigenvalue weighted by molar-refractivity contribution is 6.07. The molecule has 1 aromatic heterocycles. The van der Waals surface area contributed by atoms with E-state index in [4.69, 9.17) is 20.3 Å². The number of rotatable bonds is 4. The number of fused-ring (bicyclic) bond motifs is 1. The zero-order valence-electron chi connectivity index (χ0n) is 14.3. The summed E-state index contributed by atoms with van der Waals surface area (Å²) in [6, 6.07) is 13.0. The van der Waals surface area contributed by atoms with E-state index in [1.807, 2.05) is 37.3 Å². The van der Waals surface area contributed by atoms with Gasteiger partial charge in [0.05, 0.1) is 31.0 Å². The Morgan fingerprint density at radius 2 is 1.80 bits per heavy atom. The van der Waals surface area contributed by atoms with E-state index >= 15 is 0 Å². The maximum absolute atomic E-state index is 12.2. The van der Waals surface area contributed by atoms with Crippen molar-refractivity contribution in [3.8, 4) is 22.8 Å². The predicted octanol–water partition coefficient (Wildman–Crippen LogP) is 2.83. The molecular weight excluding hydrogens is 318 g/mol. The van der Waals surface area contributed by atoms with Crippen molar-refractivity contribution in [2.75, 3.05) is 14.2 Å². The third kappa shape index (κ3) is 3.12. The van der Waals surface area contributed by atoms with Crippen molar-refractivity contribution >= 4 is 16.8 Å². The van der Waals surface area contributed by atoms with Crippen LogP contribution in [0.25, 0.3) is 22.2 Å². The van der Waals surface area contributed by atoms with Gasteiger partial charge in [0, 0.05) is 10.9 Å². The first kappa shape index (κ1) is 16.7. The van der Waals surface area contributed by atoms with Crippen molar-refractivity contribution in [3.63, 3.8) is 0 Å². The van der Waals surface area contributed by atoms with E-state index < -0.39 is 0 Å². The van der Waals surface area contributed by atoms with Crippen LogP contribution in [0.2, 0.25) is 0 Å². The van der Waals surface area contributed by atoms with Crippen molar-refractivity contribution < 1.29 is 14.3 Å². The molecule has 0 atom stereocenters. The normalized spacial score (nSPS) is 10.6. The number of methoxy groups -OCH3 is 2. The van der Waals surface area contributed by atoms with E-state index in [1.54, 1.807) is 26.4 Å². The van der Waals surface area contributed by atoms with Crippen LogP contribution >= 0.6 is 0 Å². The fraction of sp³-hybridized carbons (Fsp3) is 0.158. The lowest BCUT2D eigenvalue weighted by Crippen LogP contribution is -2.30. The second kappa shape index (κ2) is 6.78. The molecule has 0 radical (unpaired) electrons. The zero-order chi connectivity index (χ0) is 18.0. The smallest absolute Gasteiger partial charge is 0.265 e. The van der Waals surface area contributed by atoms with Gasteiger partial charge in [-0.1, -0.05) is 12.1 Å². The summed E-state index contributed by atoms with van der Waals surface area (Å²) in [7, 11) is 3.16. The Bertz CT molecular complexity index is 954. The van der Waals surface area contributed by atoms with Crippen LogP contribution in [-0.4, -0.2) is 25.1 Å². The third-order valence-electron chi connectivity index (χ3n) is 4.02. The zero-order valence-corrected chi connectivity index (χ0v) is 14.3. The topological polar surface area (TPSA) is 86.5 Å². The summed E-state index contributed by atoms with van der Waals surface area (Å²) in [6.45, 7) is 1.98. The molecule has 1 heterocycles. The number of ether oxygens (including phenoxy) is 2. The molecule has 0 aliphatic carbocycles. The van der Waals surface area contributed by atoms with Gasteiger partial charge in [0.25, 0.3) is 5.91 Å². The lowest BCUT2D eigenvalue weighted by Gasteiger charge is -2.12. The third-order valence-corrected chi connectivity index (χ3v) is 4.02. The molecule has 25 heavy (non-hydrogen) atoms. The highest BCUT2D eigenvalue weighted by Crippen LogP contribution is 2.33. The number of hydrogen-bond donors (Lipinski definition) is 2. The Hall–Kier alpha value is -3.12. The van der Waals surface area contributed by atoms with Crippen LogP contribution in [0.1, 0.15) is 15.9 Å². The molecule has 0 saturated carbocycles. The van der Waals surface area contributed by atoms with Gasteiger partial charge in [0.1, 0.15) is 0 Å². The SMILES string of the molecule is COc1ccc(-c2cc(C(=O)NN)c3ccc(C)cc3n2)cc1OC. The molecule has 3 aromatic rings. The minimum absolute atomic E-state index is 0.363. The van der Waals surface area contributed by atoms with Gasteiger partial charge in [-0.3, -0.25) is 10.2 Å². The van der Waals surface area contributed by atoms with Crippen LogP contribution in [-0.2, 0) is 0 Å². The first-order valence-electron chi connectivity index (χ1n) is 7.72. The van der Waals surface area contributed by atoms with Crippen LogP contribution in [0.5, 0.6) is 11.5 Å².